The maximum absolute atomic E-state index is 12.6. The monoisotopic (exact) mass is 670 g/mol. The summed E-state index contributed by atoms with van der Waals surface area (Å²) in [5.74, 6) is 0.174. The van der Waals surface area contributed by atoms with Crippen LogP contribution in [0.5, 0.6) is 0 Å². The van der Waals surface area contributed by atoms with Crippen LogP contribution in [-0.2, 0) is 23.0 Å². The second-order valence-electron chi connectivity index (χ2n) is 11.5. The van der Waals surface area contributed by atoms with Crippen molar-refractivity contribution in [2.45, 2.75) is 93.2 Å². The Hall–Kier alpha value is -3.56. The van der Waals surface area contributed by atoms with Crippen LogP contribution in [-0.4, -0.2) is 58.7 Å². The van der Waals surface area contributed by atoms with Gasteiger partial charge in [-0.1, -0.05) is 63.6 Å². The van der Waals surface area contributed by atoms with Crippen molar-refractivity contribution in [1.29, 1.82) is 0 Å². The lowest BCUT2D eigenvalue weighted by Crippen LogP contribution is -2.47. The molecule has 1 aromatic heterocycles. The van der Waals surface area contributed by atoms with Gasteiger partial charge in [-0.3, -0.25) is 4.79 Å². The molecule has 0 radical (unpaired) electrons. The van der Waals surface area contributed by atoms with E-state index in [1.807, 2.05) is 78.3 Å². The predicted molar refractivity (Wildman–Crippen MR) is 196 cm³/mol. The highest BCUT2D eigenvalue weighted by Crippen LogP contribution is 2.35. The molecule has 47 heavy (non-hydrogen) atoms. The number of hydrogen-bond donors (Lipinski definition) is 3. The number of carbonyl (C=O) groups is 2. The highest BCUT2D eigenvalue weighted by Gasteiger charge is 2.33. The molecular formula is C37H59ClN6O3. The average Bonchev–Trinajstić information content (AvgIpc) is 3.85. The lowest BCUT2D eigenvalue weighted by Gasteiger charge is -2.27. The quantitative estimate of drug-likeness (QED) is 0.225. The molecule has 10 heteroatoms. The molecule has 1 aromatic carbocycles. The summed E-state index contributed by atoms with van der Waals surface area (Å²) in [6.07, 6.45) is 10.6. The van der Waals surface area contributed by atoms with Crippen LogP contribution in [0.25, 0.3) is 5.57 Å². The number of carbonyl (C=O) groups excluding carboxylic acids is 2. The van der Waals surface area contributed by atoms with E-state index in [2.05, 4.69) is 35.2 Å². The van der Waals surface area contributed by atoms with E-state index in [9.17, 15) is 9.59 Å². The van der Waals surface area contributed by atoms with Gasteiger partial charge in [0.2, 0.25) is 5.91 Å². The van der Waals surface area contributed by atoms with Crippen LogP contribution in [0.15, 0.2) is 60.7 Å². The van der Waals surface area contributed by atoms with Gasteiger partial charge in [-0.05, 0) is 94.0 Å². The highest BCUT2D eigenvalue weighted by atomic mass is 35.5. The first kappa shape index (κ1) is 41.5. The molecule has 4 rings (SSSR count). The molecule has 1 saturated carbocycles. The van der Waals surface area contributed by atoms with Crippen LogP contribution in [0.1, 0.15) is 97.5 Å². The van der Waals surface area contributed by atoms with Crippen molar-refractivity contribution in [3.05, 3.63) is 82.6 Å². The Balaban J connectivity index is 0.000000576. The van der Waals surface area contributed by atoms with Crippen molar-refractivity contribution in [1.82, 2.24) is 25.1 Å². The summed E-state index contributed by atoms with van der Waals surface area (Å²) >= 11 is 6.36. The summed E-state index contributed by atoms with van der Waals surface area (Å²) in [6, 6.07) is 5.53. The molecule has 2 fully saturated rings. The fourth-order valence-corrected chi connectivity index (χ4v) is 4.95. The molecule has 4 N–H and O–H groups in total. The van der Waals surface area contributed by atoms with Gasteiger partial charge in [0, 0.05) is 44.2 Å². The Morgan fingerprint density at radius 1 is 1.17 bits per heavy atom. The van der Waals surface area contributed by atoms with Crippen LogP contribution >= 0.6 is 11.6 Å². The van der Waals surface area contributed by atoms with E-state index >= 15 is 0 Å². The number of aryl methyl sites for hydroxylation is 2. The zero-order valence-corrected chi connectivity index (χ0v) is 30.9. The first-order valence-corrected chi connectivity index (χ1v) is 17.3. The molecule has 9 nitrogen and oxygen atoms in total. The third-order valence-electron chi connectivity index (χ3n) is 7.39. The van der Waals surface area contributed by atoms with Crippen LogP contribution < -0.4 is 16.4 Å². The van der Waals surface area contributed by atoms with Gasteiger partial charge in [0.15, 0.2) is 0 Å². The van der Waals surface area contributed by atoms with Gasteiger partial charge in [-0.25, -0.2) is 9.78 Å². The zero-order chi connectivity index (χ0) is 35.5. The Morgan fingerprint density at radius 2 is 1.81 bits per heavy atom. The molecule has 1 aliphatic carbocycles. The number of piperazine rings is 1. The molecule has 2 heterocycles. The number of amides is 2. The van der Waals surface area contributed by atoms with Crippen molar-refractivity contribution in [3.63, 3.8) is 0 Å². The molecule has 1 atom stereocenters. The van der Waals surface area contributed by atoms with Gasteiger partial charge in [0.05, 0.1) is 30.4 Å². The Kier molecular flexibility index (Phi) is 19.5. The number of benzene rings is 1. The van der Waals surface area contributed by atoms with E-state index < -0.39 is 0 Å². The normalized spacial score (nSPS) is 15.2. The summed E-state index contributed by atoms with van der Waals surface area (Å²) in [5, 5.41) is 7.01. The van der Waals surface area contributed by atoms with Gasteiger partial charge in [0.25, 0.3) is 0 Å². The first-order chi connectivity index (χ1) is 22.5. The largest absolute Gasteiger partial charge is 0.447 e. The van der Waals surface area contributed by atoms with Gasteiger partial charge < -0.3 is 30.6 Å². The molecule has 0 bridgehead atoms. The minimum atomic E-state index is -0.364. The summed E-state index contributed by atoms with van der Waals surface area (Å²) in [4.78, 5) is 29.9. The summed E-state index contributed by atoms with van der Waals surface area (Å²) in [6.45, 7) is 23.4. The smallest absolute Gasteiger partial charge is 0.410 e. The van der Waals surface area contributed by atoms with E-state index in [1.54, 1.807) is 23.6 Å². The molecule has 1 saturated heterocycles. The van der Waals surface area contributed by atoms with E-state index in [-0.39, 0.29) is 30.1 Å². The third-order valence-corrected chi connectivity index (χ3v) is 7.62. The van der Waals surface area contributed by atoms with Gasteiger partial charge in [-0.2, -0.15) is 0 Å². The van der Waals surface area contributed by atoms with E-state index in [0.29, 0.717) is 5.02 Å². The van der Waals surface area contributed by atoms with Gasteiger partial charge in [-0.15, -0.1) is 0 Å². The maximum Gasteiger partial charge on any atom is 0.410 e. The predicted octanol–water partition coefficient (Wildman–Crippen LogP) is 7.58. The number of rotatable bonds is 10. The van der Waals surface area contributed by atoms with E-state index in [4.69, 9.17) is 22.1 Å². The maximum atomic E-state index is 12.6. The molecule has 0 unspecified atom stereocenters. The summed E-state index contributed by atoms with van der Waals surface area (Å²) in [5.41, 5.74) is 11.7. The fourth-order valence-electron chi connectivity index (χ4n) is 4.78. The lowest BCUT2D eigenvalue weighted by molar-refractivity contribution is -0.122. The highest BCUT2D eigenvalue weighted by molar-refractivity contribution is 6.30. The minimum Gasteiger partial charge on any atom is -0.447 e. The van der Waals surface area contributed by atoms with E-state index in [1.165, 1.54) is 5.57 Å². The molecular weight excluding hydrogens is 612 g/mol. The molecule has 1 aliphatic heterocycles. The first-order valence-electron chi connectivity index (χ1n) is 17.0. The Morgan fingerprint density at radius 3 is 2.34 bits per heavy atom. The Bertz CT molecular complexity index is 1320. The summed E-state index contributed by atoms with van der Waals surface area (Å²) < 4.78 is 6.97. The van der Waals surface area contributed by atoms with E-state index in [0.717, 1.165) is 79.8 Å². The molecule has 0 spiro atoms. The number of ether oxygens (including phenoxy) is 1. The number of imidazole rings is 1. The van der Waals surface area contributed by atoms with Crippen molar-refractivity contribution in [3.8, 4) is 0 Å². The average molecular weight is 671 g/mol. The number of nitrogens with one attached hydrogen (secondary N) is 2. The summed E-state index contributed by atoms with van der Waals surface area (Å²) in [7, 11) is 1.92. The molecule has 2 amide bonds. The topological polar surface area (TPSA) is 115 Å². The molecule has 262 valence electrons. The van der Waals surface area contributed by atoms with Crippen LogP contribution in [0.2, 0.25) is 5.02 Å². The minimum absolute atomic E-state index is 0.0209. The van der Waals surface area contributed by atoms with Crippen molar-refractivity contribution in [2.75, 3.05) is 26.2 Å². The standard InChI is InChI=1S/C25H31ClN4O.C8H16N2O2.2C2H6/c1-16(11-17(2)13-27)5-6-19-9-10-21(26)12-22(19)18(3)24(23-14-28-15-30(23)4)29-25(31)20-7-8-20;1-7(2)12-8(11)10-5-3-9-4-6-10;2*1-2/h9-15,20,24H,3,5-8,27H2,1-2,4H3,(H,29,31);7,9H,3-6H2,1-2H3;2*1-2H3/b16-11-,17-13-;;;/t24-;;;/m1.../s1. The second kappa shape index (κ2) is 22.1. The van der Waals surface area contributed by atoms with Gasteiger partial charge >= 0.3 is 6.09 Å². The molecule has 2 aliphatic rings. The van der Waals surface area contributed by atoms with Crippen molar-refractivity contribution in [2.24, 2.45) is 18.7 Å². The van der Waals surface area contributed by atoms with Crippen LogP contribution in [0.4, 0.5) is 4.79 Å². The van der Waals surface area contributed by atoms with Gasteiger partial charge in [0.1, 0.15) is 0 Å². The number of nitrogens with zero attached hydrogens (tertiary/aromatic N) is 3. The zero-order valence-electron chi connectivity index (χ0n) is 30.2. The molecule has 2 aromatic rings. The van der Waals surface area contributed by atoms with Crippen molar-refractivity contribution >= 4 is 29.2 Å². The van der Waals surface area contributed by atoms with Crippen LogP contribution in [0.3, 0.4) is 0 Å². The van der Waals surface area contributed by atoms with Crippen LogP contribution in [0, 0.1) is 5.92 Å². The number of allylic oxidation sites excluding steroid dienone is 3. The third kappa shape index (κ3) is 14.4. The SMILES string of the molecule is C=C(c1cc(Cl)ccc1CC/C(C)=C\C(C)=C/N)[C@@H](NC(=O)C1CC1)c1cncn1C.CC.CC.CC(C)OC(=O)N1CCNCC1. The lowest BCUT2D eigenvalue weighted by atomic mass is 9.90. The number of aromatic nitrogens is 2. The number of nitrogens with two attached hydrogens (primary N) is 1. The van der Waals surface area contributed by atoms with Crippen molar-refractivity contribution < 1.29 is 14.3 Å². The number of halogens is 1. The number of hydrogen-bond acceptors (Lipinski definition) is 6. The Labute approximate surface area is 288 Å². The fraction of sp³-hybridized carbons (Fsp3) is 0.541. The second-order valence-corrected chi connectivity index (χ2v) is 12.0.